The SMILES string of the molecule is C[C@@H]1C[C@H]1C(=O)OCC(=O)NC(=O)NCCC1=CCCCC1. The van der Waals surface area contributed by atoms with E-state index in [0.717, 1.165) is 25.7 Å². The lowest BCUT2D eigenvalue weighted by Gasteiger charge is -2.13. The summed E-state index contributed by atoms with van der Waals surface area (Å²) in [6.45, 7) is 2.06. The lowest BCUT2D eigenvalue weighted by atomic mass is 9.97. The smallest absolute Gasteiger partial charge is 0.321 e. The number of amides is 3. The number of esters is 1. The molecule has 6 nitrogen and oxygen atoms in total. The summed E-state index contributed by atoms with van der Waals surface area (Å²) in [5, 5.41) is 4.80. The molecular formula is C16H24N2O4. The van der Waals surface area contributed by atoms with Gasteiger partial charge in [0, 0.05) is 6.54 Å². The zero-order valence-electron chi connectivity index (χ0n) is 13.0. The van der Waals surface area contributed by atoms with E-state index in [2.05, 4.69) is 16.7 Å². The number of imide groups is 1. The summed E-state index contributed by atoms with van der Waals surface area (Å²) in [7, 11) is 0. The molecule has 3 amide bonds. The summed E-state index contributed by atoms with van der Waals surface area (Å²) in [4.78, 5) is 34.5. The van der Waals surface area contributed by atoms with Gasteiger partial charge in [-0.2, -0.15) is 0 Å². The van der Waals surface area contributed by atoms with E-state index in [-0.39, 0.29) is 11.9 Å². The van der Waals surface area contributed by atoms with Crippen LogP contribution in [-0.2, 0) is 14.3 Å². The van der Waals surface area contributed by atoms with E-state index in [1.54, 1.807) is 0 Å². The fraction of sp³-hybridized carbons (Fsp3) is 0.688. The van der Waals surface area contributed by atoms with Crippen LogP contribution in [0.4, 0.5) is 4.79 Å². The number of carbonyl (C=O) groups is 3. The van der Waals surface area contributed by atoms with Crippen LogP contribution in [0.2, 0.25) is 0 Å². The first-order chi connectivity index (χ1) is 10.6. The quantitative estimate of drug-likeness (QED) is 0.580. The molecule has 0 aliphatic heterocycles. The van der Waals surface area contributed by atoms with Crippen LogP contribution in [0.5, 0.6) is 0 Å². The van der Waals surface area contributed by atoms with E-state index in [1.807, 2.05) is 6.92 Å². The predicted molar refractivity (Wildman–Crippen MR) is 80.9 cm³/mol. The molecule has 2 atom stereocenters. The van der Waals surface area contributed by atoms with Crippen molar-refractivity contribution in [3.05, 3.63) is 11.6 Å². The van der Waals surface area contributed by atoms with E-state index in [9.17, 15) is 14.4 Å². The minimum atomic E-state index is -0.601. The monoisotopic (exact) mass is 308 g/mol. The van der Waals surface area contributed by atoms with E-state index in [0.29, 0.717) is 12.5 Å². The number of ether oxygens (including phenoxy) is 1. The van der Waals surface area contributed by atoms with Crippen molar-refractivity contribution in [3.63, 3.8) is 0 Å². The average Bonchev–Trinajstić information content (AvgIpc) is 3.23. The Morgan fingerprint density at radius 1 is 1.32 bits per heavy atom. The molecule has 0 aromatic carbocycles. The summed E-state index contributed by atoms with van der Waals surface area (Å²) >= 11 is 0. The predicted octanol–water partition coefficient (Wildman–Crippen LogP) is 1.90. The highest BCUT2D eigenvalue weighted by Crippen LogP contribution is 2.38. The Hall–Kier alpha value is -1.85. The fourth-order valence-electron chi connectivity index (χ4n) is 2.57. The summed E-state index contributed by atoms with van der Waals surface area (Å²) in [5.41, 5.74) is 1.37. The third-order valence-electron chi connectivity index (χ3n) is 4.13. The van der Waals surface area contributed by atoms with Gasteiger partial charge in [0.2, 0.25) is 0 Å². The highest BCUT2D eigenvalue weighted by molar-refractivity contribution is 5.95. The molecule has 122 valence electrons. The van der Waals surface area contributed by atoms with E-state index in [4.69, 9.17) is 4.74 Å². The number of rotatable bonds is 6. The van der Waals surface area contributed by atoms with Crippen LogP contribution < -0.4 is 10.6 Å². The van der Waals surface area contributed by atoms with Crippen LogP contribution in [0.1, 0.15) is 45.4 Å². The third kappa shape index (κ3) is 5.50. The van der Waals surface area contributed by atoms with E-state index >= 15 is 0 Å². The molecule has 0 aromatic rings. The van der Waals surface area contributed by atoms with Gasteiger partial charge in [0.05, 0.1) is 5.92 Å². The molecule has 0 saturated heterocycles. The Bertz CT molecular complexity index is 473. The molecule has 2 aliphatic rings. The van der Waals surface area contributed by atoms with E-state index < -0.39 is 18.5 Å². The summed E-state index contributed by atoms with van der Waals surface area (Å²) in [5.74, 6) is -0.693. The van der Waals surface area contributed by atoms with Crippen molar-refractivity contribution in [2.24, 2.45) is 11.8 Å². The lowest BCUT2D eigenvalue weighted by molar-refractivity contribution is -0.149. The van der Waals surface area contributed by atoms with Crippen LogP contribution in [-0.4, -0.2) is 31.1 Å². The van der Waals surface area contributed by atoms with Crippen molar-refractivity contribution in [3.8, 4) is 0 Å². The van der Waals surface area contributed by atoms with Gasteiger partial charge < -0.3 is 10.1 Å². The highest BCUT2D eigenvalue weighted by Gasteiger charge is 2.40. The Balaban J connectivity index is 1.55. The molecule has 0 aromatic heterocycles. The maximum absolute atomic E-state index is 11.5. The molecule has 1 saturated carbocycles. The maximum Gasteiger partial charge on any atom is 0.321 e. The fourth-order valence-corrected chi connectivity index (χ4v) is 2.57. The zero-order valence-corrected chi connectivity index (χ0v) is 13.0. The van der Waals surface area contributed by atoms with Gasteiger partial charge in [-0.1, -0.05) is 18.6 Å². The van der Waals surface area contributed by atoms with Crippen LogP contribution >= 0.6 is 0 Å². The number of hydrogen-bond acceptors (Lipinski definition) is 4. The van der Waals surface area contributed by atoms with Crippen molar-refractivity contribution in [1.82, 2.24) is 10.6 Å². The molecule has 2 N–H and O–H groups in total. The number of carbonyl (C=O) groups excluding carboxylic acids is 3. The van der Waals surface area contributed by atoms with Gasteiger partial charge in [-0.25, -0.2) is 4.79 Å². The third-order valence-corrected chi connectivity index (χ3v) is 4.13. The van der Waals surface area contributed by atoms with Gasteiger partial charge in [-0.3, -0.25) is 14.9 Å². The van der Waals surface area contributed by atoms with Crippen molar-refractivity contribution in [2.45, 2.75) is 45.4 Å². The standard InChI is InChI=1S/C16H24N2O4/c1-11-9-13(11)15(20)22-10-14(19)18-16(21)17-8-7-12-5-3-2-4-6-12/h5,11,13H,2-4,6-10H2,1H3,(H2,17,18,19,21)/t11-,13-/m1/s1. The van der Waals surface area contributed by atoms with Crippen LogP contribution in [0.15, 0.2) is 11.6 Å². The largest absolute Gasteiger partial charge is 0.455 e. The average molecular weight is 308 g/mol. The molecule has 0 spiro atoms. The first-order valence-electron chi connectivity index (χ1n) is 7.98. The molecule has 22 heavy (non-hydrogen) atoms. The maximum atomic E-state index is 11.5. The molecule has 1 fully saturated rings. The van der Waals surface area contributed by atoms with Crippen LogP contribution in [0.25, 0.3) is 0 Å². The zero-order chi connectivity index (χ0) is 15.9. The Morgan fingerprint density at radius 2 is 2.09 bits per heavy atom. The molecule has 6 heteroatoms. The van der Waals surface area contributed by atoms with Crippen molar-refractivity contribution >= 4 is 17.9 Å². The van der Waals surface area contributed by atoms with Crippen molar-refractivity contribution in [1.29, 1.82) is 0 Å². The van der Waals surface area contributed by atoms with Gasteiger partial charge in [0.15, 0.2) is 6.61 Å². The molecule has 0 unspecified atom stereocenters. The topological polar surface area (TPSA) is 84.5 Å². The first-order valence-corrected chi connectivity index (χ1v) is 7.98. The number of allylic oxidation sites excluding steroid dienone is 1. The Morgan fingerprint density at radius 3 is 2.73 bits per heavy atom. The van der Waals surface area contributed by atoms with Crippen LogP contribution in [0, 0.1) is 11.8 Å². The second-order valence-electron chi connectivity index (χ2n) is 6.09. The van der Waals surface area contributed by atoms with Crippen LogP contribution in [0.3, 0.4) is 0 Å². The summed E-state index contributed by atoms with van der Waals surface area (Å²) in [6.07, 6.45) is 8.52. The molecular weight excluding hydrogens is 284 g/mol. The first kappa shape index (κ1) is 16.5. The second kappa shape index (κ2) is 7.96. The van der Waals surface area contributed by atoms with Gasteiger partial charge in [-0.05, 0) is 44.4 Å². The summed E-state index contributed by atoms with van der Waals surface area (Å²) in [6, 6.07) is -0.544. The molecule has 0 heterocycles. The van der Waals surface area contributed by atoms with Crippen molar-refractivity contribution < 1.29 is 19.1 Å². The molecule has 2 aliphatic carbocycles. The Kier molecular flexibility index (Phi) is 5.98. The second-order valence-corrected chi connectivity index (χ2v) is 6.09. The van der Waals surface area contributed by atoms with Crippen molar-refractivity contribution in [2.75, 3.05) is 13.2 Å². The normalized spacial score (nSPS) is 23.2. The molecule has 2 rings (SSSR count). The van der Waals surface area contributed by atoms with E-state index in [1.165, 1.54) is 18.4 Å². The van der Waals surface area contributed by atoms with Gasteiger partial charge >= 0.3 is 12.0 Å². The van der Waals surface area contributed by atoms with Gasteiger partial charge in [-0.15, -0.1) is 0 Å². The molecule has 0 radical (unpaired) electrons. The number of urea groups is 1. The number of hydrogen-bond donors (Lipinski definition) is 2. The van der Waals surface area contributed by atoms with Gasteiger partial charge in [0.25, 0.3) is 5.91 Å². The molecule has 0 bridgehead atoms. The number of nitrogens with one attached hydrogen (secondary N) is 2. The highest BCUT2D eigenvalue weighted by atomic mass is 16.5. The lowest BCUT2D eigenvalue weighted by Crippen LogP contribution is -2.41. The summed E-state index contributed by atoms with van der Waals surface area (Å²) < 4.78 is 4.86. The minimum Gasteiger partial charge on any atom is -0.455 e. The Labute approximate surface area is 130 Å². The minimum absolute atomic E-state index is 0.0783. The van der Waals surface area contributed by atoms with Gasteiger partial charge in [0.1, 0.15) is 0 Å².